The fourth-order valence-corrected chi connectivity index (χ4v) is 2.82. The van der Waals surface area contributed by atoms with Crippen molar-refractivity contribution in [3.63, 3.8) is 0 Å². The maximum atomic E-state index is 4.53. The summed E-state index contributed by atoms with van der Waals surface area (Å²) in [7, 11) is 1.94. The lowest BCUT2D eigenvalue weighted by Gasteiger charge is -2.09. The quantitative estimate of drug-likeness (QED) is 0.724. The molecule has 0 aliphatic rings. The van der Waals surface area contributed by atoms with Gasteiger partial charge in [0, 0.05) is 26.6 Å². The van der Waals surface area contributed by atoms with Crippen LogP contribution in [0.2, 0.25) is 0 Å². The number of nitrogens with one attached hydrogen (secondary N) is 2. The van der Waals surface area contributed by atoms with E-state index in [1.807, 2.05) is 30.0 Å². The van der Waals surface area contributed by atoms with Gasteiger partial charge in [-0.15, -0.1) is 21.5 Å². The molecule has 0 amide bonds. The molecule has 0 spiro atoms. The number of hydrogen-bond donors (Lipinski definition) is 2. The molecule has 2 N–H and O–H groups in total. The van der Waals surface area contributed by atoms with Crippen molar-refractivity contribution >= 4 is 33.3 Å². The van der Waals surface area contributed by atoms with E-state index >= 15 is 0 Å². The van der Waals surface area contributed by atoms with Crippen LogP contribution in [0.4, 0.5) is 11.8 Å². The summed E-state index contributed by atoms with van der Waals surface area (Å²) in [6.45, 7) is 3.58. The fraction of sp³-hybridized carbons (Fsp3) is 0.385. The molecule has 0 fully saturated rings. The van der Waals surface area contributed by atoms with Crippen LogP contribution in [0.1, 0.15) is 12.7 Å². The van der Waals surface area contributed by atoms with Gasteiger partial charge in [-0.25, -0.2) is 4.98 Å². The molecule has 0 aliphatic heterocycles. The van der Waals surface area contributed by atoms with Gasteiger partial charge in [0.1, 0.15) is 22.8 Å². The van der Waals surface area contributed by atoms with Crippen LogP contribution in [0.3, 0.4) is 0 Å². The maximum absolute atomic E-state index is 4.53. The van der Waals surface area contributed by atoms with E-state index in [0.717, 1.165) is 41.4 Å². The van der Waals surface area contributed by atoms with Crippen LogP contribution in [0, 0.1) is 0 Å². The average molecular weight is 303 g/mol. The summed E-state index contributed by atoms with van der Waals surface area (Å²) in [5.41, 5.74) is 0. The van der Waals surface area contributed by atoms with Gasteiger partial charge in [0.25, 0.3) is 0 Å². The molecule has 7 nitrogen and oxygen atoms in total. The molecule has 0 radical (unpaired) electrons. The van der Waals surface area contributed by atoms with Crippen molar-refractivity contribution in [2.75, 3.05) is 23.7 Å². The minimum absolute atomic E-state index is 0.661. The highest BCUT2D eigenvalue weighted by molar-refractivity contribution is 7.16. The second-order valence-electron chi connectivity index (χ2n) is 4.60. The third kappa shape index (κ3) is 2.94. The van der Waals surface area contributed by atoms with Crippen LogP contribution >= 0.6 is 11.3 Å². The van der Waals surface area contributed by atoms with Gasteiger partial charge < -0.3 is 15.2 Å². The van der Waals surface area contributed by atoms with Crippen LogP contribution in [-0.4, -0.2) is 37.8 Å². The molecule has 0 aliphatic carbocycles. The minimum atomic E-state index is 0.661. The van der Waals surface area contributed by atoms with Gasteiger partial charge in [-0.1, -0.05) is 0 Å². The Morgan fingerprint density at radius 3 is 2.95 bits per heavy atom. The molecule has 0 saturated heterocycles. The molecule has 110 valence electrons. The standard InChI is InChI=1S/C13H17N7S/c1-3-14-13-17-11(9-5-7-21-12(9)18-13)15-6-4-10-19-16-8-20(10)2/h5,7-8H,3-4,6H2,1-2H3,(H2,14,15,17,18). The average Bonchev–Trinajstić information content (AvgIpc) is 3.08. The lowest BCUT2D eigenvalue weighted by atomic mass is 10.3. The zero-order chi connectivity index (χ0) is 14.7. The van der Waals surface area contributed by atoms with Crippen LogP contribution in [-0.2, 0) is 13.5 Å². The van der Waals surface area contributed by atoms with Crippen molar-refractivity contribution in [2.24, 2.45) is 7.05 Å². The largest absolute Gasteiger partial charge is 0.369 e. The Hall–Kier alpha value is -2.22. The summed E-state index contributed by atoms with van der Waals surface area (Å²) in [5.74, 6) is 2.47. The molecule has 8 heteroatoms. The van der Waals surface area contributed by atoms with Gasteiger partial charge in [0.05, 0.1) is 5.39 Å². The van der Waals surface area contributed by atoms with Crippen LogP contribution in [0.25, 0.3) is 10.2 Å². The van der Waals surface area contributed by atoms with Gasteiger partial charge in [-0.05, 0) is 18.4 Å². The highest BCUT2D eigenvalue weighted by Crippen LogP contribution is 2.26. The highest BCUT2D eigenvalue weighted by Gasteiger charge is 2.08. The predicted molar refractivity (Wildman–Crippen MR) is 84.8 cm³/mol. The summed E-state index contributed by atoms with van der Waals surface area (Å²) >= 11 is 1.62. The minimum Gasteiger partial charge on any atom is -0.369 e. The number of rotatable bonds is 6. The lowest BCUT2D eigenvalue weighted by Crippen LogP contribution is -2.11. The van der Waals surface area contributed by atoms with Gasteiger partial charge in [0.15, 0.2) is 0 Å². The van der Waals surface area contributed by atoms with E-state index in [2.05, 4.69) is 30.8 Å². The molecule has 0 aromatic carbocycles. The van der Waals surface area contributed by atoms with Gasteiger partial charge in [0.2, 0.25) is 5.95 Å². The monoisotopic (exact) mass is 303 g/mol. The number of aryl methyl sites for hydroxylation is 1. The fourth-order valence-electron chi connectivity index (χ4n) is 2.05. The Kier molecular flexibility index (Phi) is 3.96. The molecule has 3 aromatic rings. The molecule has 3 rings (SSSR count). The summed E-state index contributed by atoms with van der Waals surface area (Å²) in [6, 6.07) is 2.04. The number of fused-ring (bicyclic) bond motifs is 1. The van der Waals surface area contributed by atoms with Crippen LogP contribution in [0.15, 0.2) is 17.8 Å². The number of hydrogen-bond acceptors (Lipinski definition) is 7. The Morgan fingerprint density at radius 2 is 2.19 bits per heavy atom. The van der Waals surface area contributed by atoms with Gasteiger partial charge in [-0.2, -0.15) is 4.98 Å². The SMILES string of the molecule is CCNc1nc(NCCc2nncn2C)c2ccsc2n1. The first-order chi connectivity index (χ1) is 10.3. The molecule has 0 unspecified atom stereocenters. The van der Waals surface area contributed by atoms with Gasteiger partial charge in [-0.3, -0.25) is 0 Å². The third-order valence-electron chi connectivity index (χ3n) is 3.11. The highest BCUT2D eigenvalue weighted by atomic mass is 32.1. The van der Waals surface area contributed by atoms with Crippen molar-refractivity contribution in [3.8, 4) is 0 Å². The van der Waals surface area contributed by atoms with Crippen LogP contribution in [0.5, 0.6) is 0 Å². The Balaban J connectivity index is 1.76. The second kappa shape index (κ2) is 6.04. The van der Waals surface area contributed by atoms with Crippen molar-refractivity contribution in [2.45, 2.75) is 13.3 Å². The first kappa shape index (κ1) is 13.7. The summed E-state index contributed by atoms with van der Waals surface area (Å²) in [6.07, 6.45) is 2.50. The molecule has 0 atom stereocenters. The summed E-state index contributed by atoms with van der Waals surface area (Å²) in [4.78, 5) is 10.0. The van der Waals surface area contributed by atoms with Gasteiger partial charge >= 0.3 is 0 Å². The zero-order valence-electron chi connectivity index (χ0n) is 12.0. The van der Waals surface area contributed by atoms with Crippen molar-refractivity contribution < 1.29 is 0 Å². The Labute approximate surface area is 126 Å². The third-order valence-corrected chi connectivity index (χ3v) is 3.91. The van der Waals surface area contributed by atoms with E-state index in [9.17, 15) is 0 Å². The maximum Gasteiger partial charge on any atom is 0.226 e. The lowest BCUT2D eigenvalue weighted by molar-refractivity contribution is 0.787. The molecule has 0 bridgehead atoms. The number of anilines is 2. The van der Waals surface area contributed by atoms with E-state index in [1.54, 1.807) is 17.7 Å². The zero-order valence-corrected chi connectivity index (χ0v) is 12.8. The van der Waals surface area contributed by atoms with E-state index in [-0.39, 0.29) is 0 Å². The van der Waals surface area contributed by atoms with E-state index in [0.29, 0.717) is 5.95 Å². The molecule has 21 heavy (non-hydrogen) atoms. The summed E-state index contributed by atoms with van der Waals surface area (Å²) in [5, 5.41) is 17.6. The predicted octanol–water partition coefficient (Wildman–Crippen LogP) is 1.91. The molecule has 3 aromatic heterocycles. The van der Waals surface area contributed by atoms with Crippen LogP contribution < -0.4 is 10.6 Å². The van der Waals surface area contributed by atoms with E-state index < -0.39 is 0 Å². The first-order valence-corrected chi connectivity index (χ1v) is 7.71. The molecule has 0 saturated carbocycles. The first-order valence-electron chi connectivity index (χ1n) is 6.83. The number of aromatic nitrogens is 5. The Morgan fingerprint density at radius 1 is 1.29 bits per heavy atom. The number of thiophene rings is 1. The van der Waals surface area contributed by atoms with Crippen molar-refractivity contribution in [3.05, 3.63) is 23.6 Å². The molecular formula is C13H17N7S. The molecular weight excluding hydrogens is 286 g/mol. The Bertz CT molecular complexity index is 733. The molecule has 3 heterocycles. The second-order valence-corrected chi connectivity index (χ2v) is 5.49. The van der Waals surface area contributed by atoms with E-state index in [1.165, 1.54) is 0 Å². The summed E-state index contributed by atoms with van der Waals surface area (Å²) < 4.78 is 1.92. The van der Waals surface area contributed by atoms with Crippen molar-refractivity contribution in [1.29, 1.82) is 0 Å². The smallest absolute Gasteiger partial charge is 0.226 e. The normalized spacial score (nSPS) is 11.0. The van der Waals surface area contributed by atoms with E-state index in [4.69, 9.17) is 0 Å². The topological polar surface area (TPSA) is 80.5 Å². The van der Waals surface area contributed by atoms with Crippen molar-refractivity contribution in [1.82, 2.24) is 24.7 Å². The number of nitrogens with zero attached hydrogens (tertiary/aromatic N) is 5.